The summed E-state index contributed by atoms with van der Waals surface area (Å²) in [6.45, 7) is 2.18. The zero-order chi connectivity index (χ0) is 9.90. The molecule has 2 unspecified atom stereocenters. The summed E-state index contributed by atoms with van der Waals surface area (Å²) >= 11 is 0. The fourth-order valence-electron chi connectivity index (χ4n) is 2.31. The number of nitrogens with two attached hydrogens (primary N) is 1. The molecule has 1 amide bonds. The van der Waals surface area contributed by atoms with Crippen molar-refractivity contribution in [3.63, 3.8) is 0 Å². The molecule has 0 aromatic rings. The van der Waals surface area contributed by atoms with Gasteiger partial charge in [-0.1, -0.05) is 26.2 Å². The predicted octanol–water partition coefficient (Wildman–Crippen LogP) is 1.03. The van der Waals surface area contributed by atoms with Crippen LogP contribution in [-0.4, -0.2) is 18.5 Å². The zero-order valence-electron chi connectivity index (χ0n) is 8.60. The van der Waals surface area contributed by atoms with Crippen LogP contribution in [0.4, 0.5) is 0 Å². The largest absolute Gasteiger partial charge is 0.368 e. The molecule has 0 aliphatic heterocycles. The SMILES string of the molecule is CCC1CCCC(NC)(C(N)=O)C1. The second-order valence-corrected chi connectivity index (χ2v) is 4.07. The fraction of sp³-hybridized carbons (Fsp3) is 0.900. The first-order valence-electron chi connectivity index (χ1n) is 5.13. The molecule has 0 saturated heterocycles. The molecule has 76 valence electrons. The van der Waals surface area contributed by atoms with Crippen molar-refractivity contribution in [3.05, 3.63) is 0 Å². The van der Waals surface area contributed by atoms with Crippen molar-refractivity contribution in [2.24, 2.45) is 11.7 Å². The topological polar surface area (TPSA) is 55.1 Å². The molecular formula is C10H20N2O. The molecule has 1 rings (SSSR count). The van der Waals surface area contributed by atoms with Crippen LogP contribution in [0.15, 0.2) is 0 Å². The maximum absolute atomic E-state index is 11.3. The molecule has 0 bridgehead atoms. The lowest BCUT2D eigenvalue weighted by Gasteiger charge is -2.38. The Bertz CT molecular complexity index is 193. The van der Waals surface area contributed by atoms with Crippen LogP contribution in [0.25, 0.3) is 0 Å². The molecule has 0 aromatic heterocycles. The van der Waals surface area contributed by atoms with Crippen molar-refractivity contribution in [1.29, 1.82) is 0 Å². The lowest BCUT2D eigenvalue weighted by atomic mass is 9.74. The van der Waals surface area contributed by atoms with Crippen LogP contribution < -0.4 is 11.1 Å². The van der Waals surface area contributed by atoms with Gasteiger partial charge in [-0.05, 0) is 25.8 Å². The van der Waals surface area contributed by atoms with Crippen molar-refractivity contribution >= 4 is 5.91 Å². The van der Waals surface area contributed by atoms with Crippen molar-refractivity contribution in [3.8, 4) is 0 Å². The highest BCUT2D eigenvalue weighted by molar-refractivity contribution is 5.84. The van der Waals surface area contributed by atoms with E-state index in [1.54, 1.807) is 0 Å². The van der Waals surface area contributed by atoms with Gasteiger partial charge in [0.15, 0.2) is 0 Å². The average molecular weight is 184 g/mol. The second-order valence-electron chi connectivity index (χ2n) is 4.07. The Hall–Kier alpha value is -0.570. The van der Waals surface area contributed by atoms with Crippen molar-refractivity contribution in [2.75, 3.05) is 7.05 Å². The standard InChI is InChI=1S/C10H20N2O/c1-3-8-5-4-6-10(7-8,12-2)9(11)13/h8,12H,3-7H2,1-2H3,(H2,11,13). The summed E-state index contributed by atoms with van der Waals surface area (Å²) in [7, 11) is 1.84. The quantitative estimate of drug-likeness (QED) is 0.688. The zero-order valence-corrected chi connectivity index (χ0v) is 8.60. The highest BCUT2D eigenvalue weighted by Crippen LogP contribution is 2.33. The number of hydrogen-bond donors (Lipinski definition) is 2. The molecule has 1 saturated carbocycles. The van der Waals surface area contributed by atoms with Crippen molar-refractivity contribution in [2.45, 2.75) is 44.6 Å². The lowest BCUT2D eigenvalue weighted by molar-refractivity contribution is -0.126. The summed E-state index contributed by atoms with van der Waals surface area (Å²) in [4.78, 5) is 11.3. The van der Waals surface area contributed by atoms with E-state index in [-0.39, 0.29) is 5.91 Å². The highest BCUT2D eigenvalue weighted by atomic mass is 16.1. The molecule has 1 aliphatic rings. The first kappa shape index (κ1) is 10.5. The predicted molar refractivity (Wildman–Crippen MR) is 53.2 cm³/mol. The average Bonchev–Trinajstić information content (AvgIpc) is 2.17. The third-order valence-electron chi connectivity index (χ3n) is 3.38. The molecule has 2 atom stereocenters. The van der Waals surface area contributed by atoms with Gasteiger partial charge >= 0.3 is 0 Å². The maximum atomic E-state index is 11.3. The van der Waals surface area contributed by atoms with Crippen molar-refractivity contribution in [1.82, 2.24) is 5.32 Å². The van der Waals surface area contributed by atoms with E-state index in [1.165, 1.54) is 6.42 Å². The van der Waals surface area contributed by atoms with E-state index in [9.17, 15) is 4.79 Å². The number of carbonyl (C=O) groups excluding carboxylic acids is 1. The smallest absolute Gasteiger partial charge is 0.237 e. The maximum Gasteiger partial charge on any atom is 0.237 e. The second kappa shape index (κ2) is 4.09. The van der Waals surface area contributed by atoms with E-state index >= 15 is 0 Å². The molecule has 0 radical (unpaired) electrons. The molecule has 3 N–H and O–H groups in total. The lowest BCUT2D eigenvalue weighted by Crippen LogP contribution is -2.56. The van der Waals surface area contributed by atoms with E-state index < -0.39 is 5.54 Å². The molecule has 3 heteroatoms. The van der Waals surface area contributed by atoms with Crippen LogP contribution >= 0.6 is 0 Å². The minimum Gasteiger partial charge on any atom is -0.368 e. The van der Waals surface area contributed by atoms with Crippen LogP contribution in [0.5, 0.6) is 0 Å². The van der Waals surface area contributed by atoms with Gasteiger partial charge in [0, 0.05) is 0 Å². The number of hydrogen-bond acceptors (Lipinski definition) is 2. The summed E-state index contributed by atoms with van der Waals surface area (Å²) in [5.41, 5.74) is 5.01. The van der Waals surface area contributed by atoms with Gasteiger partial charge in [-0.25, -0.2) is 0 Å². The molecule has 1 fully saturated rings. The summed E-state index contributed by atoms with van der Waals surface area (Å²) < 4.78 is 0. The fourth-order valence-corrected chi connectivity index (χ4v) is 2.31. The molecular weight excluding hydrogens is 164 g/mol. The molecule has 0 spiro atoms. The van der Waals surface area contributed by atoms with E-state index in [0.29, 0.717) is 5.92 Å². The van der Waals surface area contributed by atoms with Gasteiger partial charge in [-0.2, -0.15) is 0 Å². The van der Waals surface area contributed by atoms with Gasteiger partial charge < -0.3 is 11.1 Å². The Kier molecular flexibility index (Phi) is 3.31. The van der Waals surface area contributed by atoms with Crippen LogP contribution in [0.3, 0.4) is 0 Å². The third-order valence-corrected chi connectivity index (χ3v) is 3.38. The Morgan fingerprint density at radius 1 is 1.69 bits per heavy atom. The minimum absolute atomic E-state index is 0.187. The Balaban J connectivity index is 2.69. The molecule has 3 nitrogen and oxygen atoms in total. The molecule has 0 heterocycles. The number of rotatable bonds is 3. The van der Waals surface area contributed by atoms with Crippen LogP contribution in [0.1, 0.15) is 39.0 Å². The number of carbonyl (C=O) groups is 1. The Labute approximate surface area is 80.1 Å². The monoisotopic (exact) mass is 184 g/mol. The third kappa shape index (κ3) is 2.02. The summed E-state index contributed by atoms with van der Waals surface area (Å²) in [6, 6.07) is 0. The number of likely N-dealkylation sites (N-methyl/N-ethyl adjacent to an activating group) is 1. The molecule has 13 heavy (non-hydrogen) atoms. The van der Waals surface area contributed by atoms with Gasteiger partial charge in [-0.3, -0.25) is 4.79 Å². The van der Waals surface area contributed by atoms with Crippen LogP contribution in [-0.2, 0) is 4.79 Å². The first-order valence-corrected chi connectivity index (χ1v) is 5.13. The van der Waals surface area contributed by atoms with Crippen LogP contribution in [0, 0.1) is 5.92 Å². The molecule has 1 aliphatic carbocycles. The van der Waals surface area contributed by atoms with E-state index in [2.05, 4.69) is 12.2 Å². The number of primary amides is 1. The Morgan fingerprint density at radius 3 is 2.85 bits per heavy atom. The highest BCUT2D eigenvalue weighted by Gasteiger charge is 2.39. The summed E-state index contributed by atoms with van der Waals surface area (Å²) in [6.07, 6.45) is 5.32. The number of amides is 1. The van der Waals surface area contributed by atoms with E-state index in [0.717, 1.165) is 25.7 Å². The first-order chi connectivity index (χ1) is 6.14. The van der Waals surface area contributed by atoms with Gasteiger partial charge in [0.1, 0.15) is 0 Å². The van der Waals surface area contributed by atoms with E-state index in [4.69, 9.17) is 5.73 Å². The van der Waals surface area contributed by atoms with Gasteiger partial charge in [-0.15, -0.1) is 0 Å². The van der Waals surface area contributed by atoms with Gasteiger partial charge in [0.2, 0.25) is 5.91 Å². The number of nitrogens with one attached hydrogen (secondary N) is 1. The van der Waals surface area contributed by atoms with Crippen LogP contribution in [0.2, 0.25) is 0 Å². The van der Waals surface area contributed by atoms with Gasteiger partial charge in [0.05, 0.1) is 5.54 Å². The summed E-state index contributed by atoms with van der Waals surface area (Å²) in [5, 5.41) is 3.11. The minimum atomic E-state index is -0.418. The van der Waals surface area contributed by atoms with Crippen molar-refractivity contribution < 1.29 is 4.79 Å². The molecule has 0 aromatic carbocycles. The van der Waals surface area contributed by atoms with E-state index in [1.807, 2.05) is 7.05 Å². The summed E-state index contributed by atoms with van der Waals surface area (Å²) in [5.74, 6) is 0.474. The van der Waals surface area contributed by atoms with Gasteiger partial charge in [0.25, 0.3) is 0 Å². The Morgan fingerprint density at radius 2 is 2.38 bits per heavy atom. The normalized spacial score (nSPS) is 34.5.